The van der Waals surface area contributed by atoms with Gasteiger partial charge in [0.05, 0.1) is 34.8 Å². The molecule has 9 heteroatoms. The minimum absolute atomic E-state index is 0.0370. The summed E-state index contributed by atoms with van der Waals surface area (Å²) >= 11 is 6.35. The second kappa shape index (κ2) is 11.2. The van der Waals surface area contributed by atoms with Crippen molar-refractivity contribution in [2.45, 2.75) is 6.54 Å². The summed E-state index contributed by atoms with van der Waals surface area (Å²) in [4.78, 5) is 14.8. The Balaban J connectivity index is 1.64. The minimum atomic E-state index is -0.427. The van der Waals surface area contributed by atoms with Crippen molar-refractivity contribution in [1.82, 2.24) is 14.7 Å². The Morgan fingerprint density at radius 3 is 2.56 bits per heavy atom. The summed E-state index contributed by atoms with van der Waals surface area (Å²) in [6.45, 7) is 1.07. The Morgan fingerprint density at radius 1 is 1.03 bits per heavy atom. The maximum Gasteiger partial charge on any atom is 0.257 e. The third kappa shape index (κ3) is 5.30. The smallest absolute Gasteiger partial charge is 0.257 e. The van der Waals surface area contributed by atoms with Gasteiger partial charge in [0.1, 0.15) is 23.9 Å². The van der Waals surface area contributed by atoms with Crippen LogP contribution < -0.4 is 4.74 Å². The van der Waals surface area contributed by atoms with Crippen LogP contribution in [0.2, 0.25) is 5.02 Å². The molecule has 0 aliphatic heterocycles. The van der Waals surface area contributed by atoms with Gasteiger partial charge in [0.25, 0.3) is 5.91 Å². The van der Waals surface area contributed by atoms with Gasteiger partial charge >= 0.3 is 0 Å². The van der Waals surface area contributed by atoms with E-state index in [-0.39, 0.29) is 23.6 Å². The lowest BCUT2D eigenvalue weighted by Crippen LogP contribution is -2.26. The molecule has 1 heterocycles. The number of aromatic nitrogens is 2. The van der Waals surface area contributed by atoms with Gasteiger partial charge in [-0.3, -0.25) is 4.79 Å². The minimum Gasteiger partial charge on any atom is -0.507 e. The predicted octanol–water partition coefficient (Wildman–Crippen LogP) is 4.90. The number of rotatable bonds is 9. The van der Waals surface area contributed by atoms with Crippen molar-refractivity contribution in [2.75, 3.05) is 27.4 Å². The largest absolute Gasteiger partial charge is 0.507 e. The van der Waals surface area contributed by atoms with Crippen molar-refractivity contribution in [1.29, 1.82) is 0 Å². The number of para-hydroxylation sites is 2. The molecule has 8 nitrogen and oxygen atoms in total. The summed E-state index contributed by atoms with van der Waals surface area (Å²) in [5.74, 6) is -0.309. The van der Waals surface area contributed by atoms with Gasteiger partial charge in [0, 0.05) is 37.9 Å². The molecule has 0 atom stereocenters. The Bertz CT molecular complexity index is 1370. The number of carbonyl (C=O) groups is 1. The highest BCUT2D eigenvalue weighted by Gasteiger charge is 2.22. The molecule has 0 saturated carbocycles. The number of halogens is 1. The zero-order valence-electron chi connectivity index (χ0n) is 19.9. The van der Waals surface area contributed by atoms with E-state index in [1.807, 2.05) is 30.3 Å². The molecule has 1 aromatic heterocycles. The molecule has 36 heavy (non-hydrogen) atoms. The number of benzene rings is 3. The number of hydrogen-bond acceptors (Lipinski definition) is 6. The van der Waals surface area contributed by atoms with Gasteiger partial charge in [-0.05, 0) is 30.3 Å². The van der Waals surface area contributed by atoms with E-state index in [2.05, 4.69) is 5.10 Å². The monoisotopic (exact) mass is 507 g/mol. The molecular weight excluding hydrogens is 482 g/mol. The van der Waals surface area contributed by atoms with Crippen LogP contribution in [0.3, 0.4) is 0 Å². The molecule has 0 aliphatic carbocycles. The zero-order chi connectivity index (χ0) is 25.7. The summed E-state index contributed by atoms with van der Waals surface area (Å²) in [7, 11) is 3.23. The Labute approximate surface area is 213 Å². The van der Waals surface area contributed by atoms with Crippen molar-refractivity contribution in [3.05, 3.63) is 89.1 Å². The molecule has 0 spiro atoms. The highest BCUT2D eigenvalue weighted by molar-refractivity contribution is 6.32. The van der Waals surface area contributed by atoms with Crippen molar-refractivity contribution in [2.24, 2.45) is 0 Å². The van der Waals surface area contributed by atoms with Crippen molar-refractivity contribution in [3.8, 4) is 34.2 Å². The summed E-state index contributed by atoms with van der Waals surface area (Å²) in [6, 6.07) is 18.9. The van der Waals surface area contributed by atoms with Crippen molar-refractivity contribution < 1.29 is 24.5 Å². The maximum atomic E-state index is 13.4. The first-order valence-electron chi connectivity index (χ1n) is 11.2. The molecule has 0 bridgehead atoms. The van der Waals surface area contributed by atoms with E-state index in [0.717, 1.165) is 11.6 Å². The molecule has 186 valence electrons. The Kier molecular flexibility index (Phi) is 7.77. The lowest BCUT2D eigenvalue weighted by atomic mass is 10.0. The molecule has 0 aliphatic rings. The number of ether oxygens (including phenoxy) is 2. The molecule has 0 unspecified atom stereocenters. The summed E-state index contributed by atoms with van der Waals surface area (Å²) in [6.07, 6.45) is 1.57. The van der Waals surface area contributed by atoms with Gasteiger partial charge in [-0.1, -0.05) is 41.9 Å². The van der Waals surface area contributed by atoms with Crippen molar-refractivity contribution in [3.63, 3.8) is 0 Å². The standard InChI is InChI=1S/C27H26ClN3O5/c1-30(17-18-7-3-6-10-26(18)36-14-13-35-2)27(34)20-15-19(24(32)16-25(20)33)22-11-12-29-31(22)23-9-5-4-8-21(23)28/h3-12,15-16,32-33H,13-14,17H2,1-2H3. The second-order valence-corrected chi connectivity index (χ2v) is 8.48. The lowest BCUT2D eigenvalue weighted by Gasteiger charge is -2.21. The quantitative estimate of drug-likeness (QED) is 0.313. The van der Waals surface area contributed by atoms with Gasteiger partial charge < -0.3 is 24.6 Å². The maximum absolute atomic E-state index is 13.4. The van der Waals surface area contributed by atoms with Gasteiger partial charge in [-0.2, -0.15) is 5.10 Å². The first-order valence-corrected chi connectivity index (χ1v) is 11.6. The van der Waals surface area contributed by atoms with E-state index < -0.39 is 5.91 Å². The molecular formula is C27H26ClN3O5. The molecule has 2 N–H and O–H groups in total. The number of aromatic hydroxyl groups is 2. The van der Waals surface area contributed by atoms with Crippen LogP contribution in [0.1, 0.15) is 15.9 Å². The SMILES string of the molecule is COCCOc1ccccc1CN(C)C(=O)c1cc(-c2ccnn2-c2ccccc2Cl)c(O)cc1O. The van der Waals surface area contributed by atoms with Crippen LogP contribution in [-0.2, 0) is 11.3 Å². The second-order valence-electron chi connectivity index (χ2n) is 8.08. The number of hydrogen-bond donors (Lipinski definition) is 2. The summed E-state index contributed by atoms with van der Waals surface area (Å²) in [5.41, 5.74) is 2.29. The van der Waals surface area contributed by atoms with E-state index in [4.69, 9.17) is 21.1 Å². The highest BCUT2D eigenvalue weighted by Crippen LogP contribution is 2.37. The van der Waals surface area contributed by atoms with Crippen LogP contribution in [0, 0.1) is 0 Å². The predicted molar refractivity (Wildman–Crippen MR) is 137 cm³/mol. The van der Waals surface area contributed by atoms with E-state index in [1.165, 1.54) is 11.0 Å². The fourth-order valence-corrected chi connectivity index (χ4v) is 4.04. The summed E-state index contributed by atoms with van der Waals surface area (Å²) < 4.78 is 12.4. The molecule has 4 rings (SSSR count). The third-order valence-electron chi connectivity index (χ3n) is 5.62. The molecule has 1 amide bonds. The third-order valence-corrected chi connectivity index (χ3v) is 5.94. The highest BCUT2D eigenvalue weighted by atomic mass is 35.5. The number of methoxy groups -OCH3 is 1. The van der Waals surface area contributed by atoms with Crippen LogP contribution in [0.15, 0.2) is 72.9 Å². The van der Waals surface area contributed by atoms with Crippen LogP contribution >= 0.6 is 11.6 Å². The van der Waals surface area contributed by atoms with Crippen molar-refractivity contribution >= 4 is 17.5 Å². The van der Waals surface area contributed by atoms with Crippen LogP contribution in [-0.4, -0.2) is 58.2 Å². The van der Waals surface area contributed by atoms with E-state index >= 15 is 0 Å². The molecule has 3 aromatic carbocycles. The normalized spacial score (nSPS) is 10.9. The van der Waals surface area contributed by atoms with Gasteiger partial charge in [0.15, 0.2) is 0 Å². The van der Waals surface area contributed by atoms with Gasteiger partial charge in [-0.15, -0.1) is 0 Å². The fourth-order valence-electron chi connectivity index (χ4n) is 3.82. The Hall–Kier alpha value is -4.01. The number of amides is 1. The van der Waals surface area contributed by atoms with Crippen LogP contribution in [0.5, 0.6) is 17.2 Å². The number of phenols is 2. The number of carbonyl (C=O) groups excluding carboxylic acids is 1. The van der Waals surface area contributed by atoms with Crippen LogP contribution in [0.4, 0.5) is 0 Å². The average molecular weight is 508 g/mol. The fraction of sp³-hybridized carbons (Fsp3) is 0.185. The first kappa shape index (κ1) is 25.1. The molecule has 0 radical (unpaired) electrons. The molecule has 0 fully saturated rings. The van der Waals surface area contributed by atoms with Gasteiger partial charge in [0.2, 0.25) is 0 Å². The lowest BCUT2D eigenvalue weighted by molar-refractivity contribution is 0.0780. The topological polar surface area (TPSA) is 97.1 Å². The van der Waals surface area contributed by atoms with Gasteiger partial charge in [-0.25, -0.2) is 4.68 Å². The first-order chi connectivity index (χ1) is 17.4. The van der Waals surface area contributed by atoms with E-state index in [9.17, 15) is 15.0 Å². The van der Waals surface area contributed by atoms with E-state index in [1.54, 1.807) is 49.3 Å². The average Bonchev–Trinajstić information content (AvgIpc) is 3.34. The number of nitrogens with zero attached hydrogens (tertiary/aromatic N) is 3. The molecule has 0 saturated heterocycles. The van der Waals surface area contributed by atoms with E-state index in [0.29, 0.717) is 40.9 Å². The zero-order valence-corrected chi connectivity index (χ0v) is 20.6. The summed E-state index contributed by atoms with van der Waals surface area (Å²) in [5, 5.41) is 26.0. The number of phenolic OH excluding ortho intramolecular Hbond substituents is 2. The van der Waals surface area contributed by atoms with Crippen LogP contribution in [0.25, 0.3) is 16.9 Å². The molecule has 4 aromatic rings. The Morgan fingerprint density at radius 2 is 1.78 bits per heavy atom.